The number of nitrogens with one attached hydrogen (secondary N) is 1. The molecule has 1 aliphatic carbocycles. The van der Waals surface area contributed by atoms with E-state index in [0.717, 1.165) is 11.5 Å². The van der Waals surface area contributed by atoms with Crippen molar-refractivity contribution in [2.75, 3.05) is 17.7 Å². The van der Waals surface area contributed by atoms with Crippen LogP contribution in [0.25, 0.3) is 0 Å². The minimum atomic E-state index is 0.521. The molecule has 0 bridgehead atoms. The molecule has 3 rings (SSSR count). The van der Waals surface area contributed by atoms with E-state index in [0.29, 0.717) is 24.1 Å². The molecule has 0 atom stereocenters. The van der Waals surface area contributed by atoms with Crippen molar-refractivity contribution in [2.45, 2.75) is 12.8 Å². The third-order valence-electron chi connectivity index (χ3n) is 3.16. The molecule has 5 heteroatoms. The van der Waals surface area contributed by atoms with Crippen LogP contribution in [0.1, 0.15) is 12.8 Å². The second kappa shape index (κ2) is 5.87. The molecule has 1 saturated carbocycles. The molecular weight excluding hydrogens is 365 g/mol. The van der Waals surface area contributed by atoms with Crippen molar-refractivity contribution >= 4 is 39.8 Å². The maximum atomic E-state index is 5.89. The Morgan fingerprint density at radius 1 is 1.20 bits per heavy atom. The van der Waals surface area contributed by atoms with Crippen molar-refractivity contribution in [3.8, 4) is 5.88 Å². The van der Waals surface area contributed by atoms with E-state index >= 15 is 0 Å². The summed E-state index contributed by atoms with van der Waals surface area (Å²) in [7, 11) is 0. The number of hydrogen-bond donors (Lipinski definition) is 2. The summed E-state index contributed by atoms with van der Waals surface area (Å²) in [5.74, 6) is 1.95. The lowest BCUT2D eigenvalue weighted by molar-refractivity contribution is 0.290. The number of aromatic nitrogens is 1. The van der Waals surface area contributed by atoms with Crippen molar-refractivity contribution in [1.82, 2.24) is 4.98 Å². The summed E-state index contributed by atoms with van der Waals surface area (Å²) in [6.07, 6.45) is 2.50. The Hall–Kier alpha value is -1.50. The van der Waals surface area contributed by atoms with Crippen LogP contribution in [0, 0.1) is 9.49 Å². The molecule has 0 radical (unpaired) electrons. The molecule has 1 heterocycles. The molecule has 104 valence electrons. The summed E-state index contributed by atoms with van der Waals surface area (Å²) >= 11 is 2.28. The summed E-state index contributed by atoms with van der Waals surface area (Å²) in [5, 5.41) is 3.25. The second-order valence-electron chi connectivity index (χ2n) is 4.98. The van der Waals surface area contributed by atoms with Crippen LogP contribution in [0.2, 0.25) is 0 Å². The van der Waals surface area contributed by atoms with Gasteiger partial charge in [-0.1, -0.05) is 0 Å². The number of nitrogen functional groups attached to an aromatic ring is 1. The standard InChI is InChI=1S/C15H16IN3O/c16-11-3-5-12(6-4-11)18-14-8-7-13(17)15(19-14)20-9-10-1-2-10/h3-8,10H,1-2,9,17H2,(H,18,19). The minimum Gasteiger partial charge on any atom is -0.476 e. The van der Waals surface area contributed by atoms with Crippen LogP contribution >= 0.6 is 22.6 Å². The summed E-state index contributed by atoms with van der Waals surface area (Å²) in [5.41, 5.74) is 7.47. The molecular formula is C15H16IN3O. The largest absolute Gasteiger partial charge is 0.476 e. The zero-order valence-electron chi connectivity index (χ0n) is 11.0. The minimum absolute atomic E-state index is 0.521. The van der Waals surface area contributed by atoms with Gasteiger partial charge in [-0.05, 0) is 77.7 Å². The zero-order chi connectivity index (χ0) is 13.9. The topological polar surface area (TPSA) is 60.2 Å². The van der Waals surface area contributed by atoms with Crippen molar-refractivity contribution < 1.29 is 4.74 Å². The molecule has 1 fully saturated rings. The van der Waals surface area contributed by atoms with Crippen LogP contribution in [0.4, 0.5) is 17.2 Å². The molecule has 2 aromatic rings. The molecule has 1 aliphatic rings. The first kappa shape index (κ1) is 13.5. The fourth-order valence-electron chi connectivity index (χ4n) is 1.80. The first-order valence-electron chi connectivity index (χ1n) is 6.62. The van der Waals surface area contributed by atoms with E-state index in [1.165, 1.54) is 16.4 Å². The Morgan fingerprint density at radius 2 is 1.95 bits per heavy atom. The highest BCUT2D eigenvalue weighted by Crippen LogP contribution is 2.31. The monoisotopic (exact) mass is 381 g/mol. The molecule has 0 spiro atoms. The lowest BCUT2D eigenvalue weighted by atomic mass is 10.3. The van der Waals surface area contributed by atoms with E-state index in [4.69, 9.17) is 10.5 Å². The van der Waals surface area contributed by atoms with Gasteiger partial charge >= 0.3 is 0 Å². The van der Waals surface area contributed by atoms with E-state index in [2.05, 4.69) is 32.9 Å². The number of nitrogens with two attached hydrogens (primary N) is 1. The van der Waals surface area contributed by atoms with Crippen molar-refractivity contribution in [1.29, 1.82) is 0 Å². The van der Waals surface area contributed by atoms with Gasteiger partial charge < -0.3 is 15.8 Å². The van der Waals surface area contributed by atoms with Gasteiger partial charge in [0.15, 0.2) is 0 Å². The third kappa shape index (κ3) is 3.53. The van der Waals surface area contributed by atoms with E-state index in [1.807, 2.05) is 36.4 Å². The number of halogens is 1. The van der Waals surface area contributed by atoms with Crippen LogP contribution in [-0.2, 0) is 0 Å². The van der Waals surface area contributed by atoms with Gasteiger partial charge in [0.1, 0.15) is 5.82 Å². The smallest absolute Gasteiger partial charge is 0.239 e. The Kier molecular flexibility index (Phi) is 3.95. The highest BCUT2D eigenvalue weighted by Gasteiger charge is 2.22. The van der Waals surface area contributed by atoms with E-state index in [1.54, 1.807) is 0 Å². The van der Waals surface area contributed by atoms with Crippen LogP contribution in [0.5, 0.6) is 5.88 Å². The molecule has 0 aliphatic heterocycles. The van der Waals surface area contributed by atoms with Gasteiger partial charge in [0.25, 0.3) is 0 Å². The predicted molar refractivity (Wildman–Crippen MR) is 89.3 cm³/mol. The van der Waals surface area contributed by atoms with Gasteiger partial charge in [-0.3, -0.25) is 0 Å². The van der Waals surface area contributed by atoms with Crippen LogP contribution in [0.3, 0.4) is 0 Å². The quantitative estimate of drug-likeness (QED) is 0.774. The first-order valence-corrected chi connectivity index (χ1v) is 7.70. The average Bonchev–Trinajstić information content (AvgIpc) is 3.26. The van der Waals surface area contributed by atoms with Crippen LogP contribution < -0.4 is 15.8 Å². The van der Waals surface area contributed by atoms with Crippen molar-refractivity contribution in [3.63, 3.8) is 0 Å². The molecule has 4 nitrogen and oxygen atoms in total. The fourth-order valence-corrected chi connectivity index (χ4v) is 2.16. The highest BCUT2D eigenvalue weighted by molar-refractivity contribution is 14.1. The zero-order valence-corrected chi connectivity index (χ0v) is 13.1. The van der Waals surface area contributed by atoms with E-state index < -0.39 is 0 Å². The van der Waals surface area contributed by atoms with E-state index in [9.17, 15) is 0 Å². The van der Waals surface area contributed by atoms with Gasteiger partial charge in [0, 0.05) is 9.26 Å². The Morgan fingerprint density at radius 3 is 2.65 bits per heavy atom. The summed E-state index contributed by atoms with van der Waals surface area (Å²) < 4.78 is 6.88. The van der Waals surface area contributed by atoms with Crippen molar-refractivity contribution in [3.05, 3.63) is 40.0 Å². The third-order valence-corrected chi connectivity index (χ3v) is 3.88. The number of benzene rings is 1. The predicted octanol–water partition coefficient (Wildman–Crippen LogP) is 3.80. The number of ether oxygens (including phenoxy) is 1. The molecule has 3 N–H and O–H groups in total. The highest BCUT2D eigenvalue weighted by atomic mass is 127. The first-order chi connectivity index (χ1) is 9.70. The fraction of sp³-hybridized carbons (Fsp3) is 0.267. The van der Waals surface area contributed by atoms with Gasteiger partial charge in [0.2, 0.25) is 5.88 Å². The Balaban J connectivity index is 1.71. The van der Waals surface area contributed by atoms with Gasteiger partial charge in [-0.25, -0.2) is 0 Å². The SMILES string of the molecule is Nc1ccc(Nc2ccc(I)cc2)nc1OCC1CC1. The van der Waals surface area contributed by atoms with Gasteiger partial charge in [0.05, 0.1) is 12.3 Å². The molecule has 1 aromatic carbocycles. The maximum absolute atomic E-state index is 5.89. The normalized spacial score (nSPS) is 14.1. The molecule has 0 unspecified atom stereocenters. The lowest BCUT2D eigenvalue weighted by Gasteiger charge is -2.10. The molecule has 1 aromatic heterocycles. The number of rotatable bonds is 5. The number of nitrogens with zero attached hydrogens (tertiary/aromatic N) is 1. The summed E-state index contributed by atoms with van der Waals surface area (Å²) in [4.78, 5) is 4.43. The second-order valence-corrected chi connectivity index (χ2v) is 6.22. The summed E-state index contributed by atoms with van der Waals surface area (Å²) in [6.45, 7) is 0.712. The van der Waals surface area contributed by atoms with Crippen LogP contribution in [0.15, 0.2) is 36.4 Å². The molecule has 0 amide bonds. The Bertz CT molecular complexity index is 597. The molecule has 20 heavy (non-hydrogen) atoms. The maximum Gasteiger partial charge on any atom is 0.239 e. The molecule has 0 saturated heterocycles. The average molecular weight is 381 g/mol. The number of anilines is 3. The van der Waals surface area contributed by atoms with E-state index in [-0.39, 0.29) is 0 Å². The number of hydrogen-bond acceptors (Lipinski definition) is 4. The van der Waals surface area contributed by atoms with Gasteiger partial charge in [-0.15, -0.1) is 0 Å². The summed E-state index contributed by atoms with van der Waals surface area (Å²) in [6, 6.07) is 11.8. The van der Waals surface area contributed by atoms with Gasteiger partial charge in [-0.2, -0.15) is 4.98 Å². The Labute approximate surface area is 131 Å². The number of pyridine rings is 1. The lowest BCUT2D eigenvalue weighted by Crippen LogP contribution is -2.05. The van der Waals surface area contributed by atoms with Crippen LogP contribution in [-0.4, -0.2) is 11.6 Å². The van der Waals surface area contributed by atoms with Crippen molar-refractivity contribution in [2.24, 2.45) is 5.92 Å².